The minimum atomic E-state index is -4.50. The van der Waals surface area contributed by atoms with Crippen LogP contribution in [0, 0.1) is 12.8 Å². The van der Waals surface area contributed by atoms with Crippen LogP contribution in [0.5, 0.6) is 5.75 Å². The molecule has 226 valence electrons. The molecule has 1 aliphatic heterocycles. The average molecular weight is 585 g/mol. The van der Waals surface area contributed by atoms with Gasteiger partial charge in [0.25, 0.3) is 0 Å². The van der Waals surface area contributed by atoms with Crippen molar-refractivity contribution in [2.45, 2.75) is 57.7 Å². The van der Waals surface area contributed by atoms with Gasteiger partial charge in [-0.15, -0.1) is 0 Å². The highest BCUT2D eigenvalue weighted by molar-refractivity contribution is 5.91. The number of piperazine rings is 1. The Morgan fingerprint density at radius 2 is 1.74 bits per heavy atom. The first-order valence-electron chi connectivity index (χ1n) is 14.5. The van der Waals surface area contributed by atoms with E-state index in [1.54, 1.807) is 27.0 Å². The molecule has 42 heavy (non-hydrogen) atoms. The molecule has 0 radical (unpaired) electrons. The van der Waals surface area contributed by atoms with Gasteiger partial charge < -0.3 is 25.6 Å². The molecular formula is C31H39F3N6O2. The molecule has 1 saturated heterocycles. The molecule has 3 aromatic rings. The topological polar surface area (TPSA) is 96.6 Å². The van der Waals surface area contributed by atoms with Crippen LogP contribution >= 0.6 is 0 Å². The van der Waals surface area contributed by atoms with Crippen molar-refractivity contribution in [3.8, 4) is 5.75 Å². The number of methoxy groups -OCH3 is 1. The molecule has 1 atom stereocenters. The summed E-state index contributed by atoms with van der Waals surface area (Å²) in [5.41, 5.74) is 7.20. The van der Waals surface area contributed by atoms with Gasteiger partial charge in [-0.2, -0.15) is 13.2 Å². The number of carbonyl (C=O) groups is 1. The van der Waals surface area contributed by atoms with Gasteiger partial charge >= 0.3 is 6.18 Å². The van der Waals surface area contributed by atoms with Crippen molar-refractivity contribution in [3.05, 3.63) is 52.8 Å². The van der Waals surface area contributed by atoms with E-state index in [1.165, 1.54) is 0 Å². The number of benzene rings is 2. The Bertz CT molecular complexity index is 1450. The van der Waals surface area contributed by atoms with Gasteiger partial charge in [-0.1, -0.05) is 0 Å². The number of likely N-dealkylation sites (N-methyl/N-ethyl adjacent to an activating group) is 1. The summed E-state index contributed by atoms with van der Waals surface area (Å²) in [5, 5.41) is 4.07. The Hall–Kier alpha value is -3.60. The van der Waals surface area contributed by atoms with Crippen LogP contribution in [0.25, 0.3) is 10.9 Å². The van der Waals surface area contributed by atoms with Gasteiger partial charge in [0, 0.05) is 49.2 Å². The zero-order valence-electron chi connectivity index (χ0n) is 24.6. The predicted molar refractivity (Wildman–Crippen MR) is 157 cm³/mol. The zero-order valence-corrected chi connectivity index (χ0v) is 24.6. The molecule has 5 rings (SSSR count). The number of hydrogen-bond acceptors (Lipinski definition) is 7. The molecule has 2 fully saturated rings. The first-order valence-corrected chi connectivity index (χ1v) is 14.5. The van der Waals surface area contributed by atoms with E-state index < -0.39 is 17.8 Å². The summed E-state index contributed by atoms with van der Waals surface area (Å²) in [6.07, 6.45) is -1.13. The second-order valence-corrected chi connectivity index (χ2v) is 11.7. The number of nitrogen functional groups attached to an aromatic ring is 1. The third-order valence-corrected chi connectivity index (χ3v) is 8.65. The molecular weight excluding hydrogens is 545 g/mol. The van der Waals surface area contributed by atoms with E-state index in [0.29, 0.717) is 22.7 Å². The van der Waals surface area contributed by atoms with Crippen LogP contribution in [-0.4, -0.2) is 66.0 Å². The van der Waals surface area contributed by atoms with E-state index in [0.717, 1.165) is 80.7 Å². The Labute approximate surface area is 244 Å². The maximum absolute atomic E-state index is 13.4. The van der Waals surface area contributed by atoms with E-state index in [2.05, 4.69) is 27.2 Å². The SMILES string of the molecule is COc1cc2nc(C)nc(N[C@H](C)c3cc(N)cc(C(F)(F)F)c3)c2cc1[C@H]1CC[C@@H](C(=O)N2CCN(C)CC2)CC1. The lowest BCUT2D eigenvalue weighted by atomic mass is 9.77. The number of anilines is 2. The number of nitrogens with zero attached hydrogens (tertiary/aromatic N) is 4. The lowest BCUT2D eigenvalue weighted by molar-refractivity contribution is -0.138. The second-order valence-electron chi connectivity index (χ2n) is 11.7. The molecule has 8 nitrogen and oxygen atoms in total. The molecule has 2 aliphatic rings. The number of rotatable bonds is 6. The predicted octanol–water partition coefficient (Wildman–Crippen LogP) is 5.77. The summed E-state index contributed by atoms with van der Waals surface area (Å²) >= 11 is 0. The van der Waals surface area contributed by atoms with Crippen molar-refractivity contribution < 1.29 is 22.7 Å². The number of nitrogens with two attached hydrogens (primary N) is 1. The minimum Gasteiger partial charge on any atom is -0.496 e. The molecule has 1 aliphatic carbocycles. The van der Waals surface area contributed by atoms with Gasteiger partial charge in [0.1, 0.15) is 17.4 Å². The monoisotopic (exact) mass is 584 g/mol. The largest absolute Gasteiger partial charge is 0.496 e. The number of carbonyl (C=O) groups excluding carboxylic acids is 1. The highest BCUT2D eigenvalue weighted by Crippen LogP contribution is 2.43. The number of ether oxygens (including phenoxy) is 1. The van der Waals surface area contributed by atoms with Crippen LogP contribution in [0.15, 0.2) is 30.3 Å². The van der Waals surface area contributed by atoms with Crippen LogP contribution in [0.3, 0.4) is 0 Å². The molecule has 2 heterocycles. The summed E-state index contributed by atoms with van der Waals surface area (Å²) in [6, 6.07) is 7.02. The summed E-state index contributed by atoms with van der Waals surface area (Å²) in [6.45, 7) is 6.95. The van der Waals surface area contributed by atoms with Gasteiger partial charge in [-0.25, -0.2) is 9.97 Å². The molecule has 0 bridgehead atoms. The van der Waals surface area contributed by atoms with Crippen LogP contribution in [-0.2, 0) is 11.0 Å². The summed E-state index contributed by atoms with van der Waals surface area (Å²) in [4.78, 5) is 26.7. The number of nitrogens with one attached hydrogen (secondary N) is 1. The first kappa shape index (κ1) is 29.9. The molecule has 1 saturated carbocycles. The summed E-state index contributed by atoms with van der Waals surface area (Å²) in [5.74, 6) is 2.31. The van der Waals surface area contributed by atoms with E-state index in [4.69, 9.17) is 10.5 Å². The van der Waals surface area contributed by atoms with E-state index in [-0.39, 0.29) is 23.4 Å². The van der Waals surface area contributed by atoms with Crippen LogP contribution in [0.2, 0.25) is 0 Å². The summed E-state index contributed by atoms with van der Waals surface area (Å²) in [7, 11) is 3.72. The molecule has 3 N–H and O–H groups in total. The second kappa shape index (κ2) is 11.9. The summed E-state index contributed by atoms with van der Waals surface area (Å²) < 4.78 is 46.1. The van der Waals surface area contributed by atoms with Gasteiger partial charge in [-0.05, 0) is 87.9 Å². The highest BCUT2D eigenvalue weighted by Gasteiger charge is 2.33. The van der Waals surface area contributed by atoms with Crippen molar-refractivity contribution in [2.24, 2.45) is 5.92 Å². The Morgan fingerprint density at radius 3 is 2.38 bits per heavy atom. The van der Waals surface area contributed by atoms with E-state index >= 15 is 0 Å². The van der Waals surface area contributed by atoms with Crippen molar-refractivity contribution in [1.29, 1.82) is 0 Å². The first-order chi connectivity index (χ1) is 19.9. The number of hydrogen-bond donors (Lipinski definition) is 2. The minimum absolute atomic E-state index is 0.0417. The number of fused-ring (bicyclic) bond motifs is 1. The highest BCUT2D eigenvalue weighted by atomic mass is 19.4. The third-order valence-electron chi connectivity index (χ3n) is 8.65. The number of alkyl halides is 3. The van der Waals surface area contributed by atoms with Crippen molar-refractivity contribution in [3.63, 3.8) is 0 Å². The molecule has 0 spiro atoms. The maximum atomic E-state index is 13.4. The van der Waals surface area contributed by atoms with Crippen LogP contribution < -0.4 is 15.8 Å². The van der Waals surface area contributed by atoms with Crippen molar-refractivity contribution in [2.75, 3.05) is 51.4 Å². The fourth-order valence-corrected chi connectivity index (χ4v) is 6.21. The Balaban J connectivity index is 1.39. The lowest BCUT2D eigenvalue weighted by Crippen LogP contribution is -2.49. The molecule has 0 unspecified atom stereocenters. The molecule has 11 heteroatoms. The van der Waals surface area contributed by atoms with Crippen LogP contribution in [0.4, 0.5) is 24.7 Å². The number of amides is 1. The molecule has 1 aromatic heterocycles. The van der Waals surface area contributed by atoms with Gasteiger partial charge in [0.2, 0.25) is 5.91 Å². The number of halogens is 3. The standard InChI is InChI=1S/C31H39F3N6O2/c1-18(22-13-23(31(32,33)34)15-24(35)14-22)36-29-26-16-25(28(42-4)17-27(26)37-19(2)38-29)20-5-7-21(8-6-20)30(41)40-11-9-39(3)10-12-40/h13-18,20-21H,5-12,35H2,1-4H3,(H,36,37,38)/t18-,20-,21+/m1/s1. The Kier molecular flexibility index (Phi) is 8.50. The fraction of sp³-hybridized carbons (Fsp3) is 0.516. The van der Waals surface area contributed by atoms with Crippen LogP contribution in [0.1, 0.15) is 67.1 Å². The number of aryl methyl sites for hydroxylation is 1. The smallest absolute Gasteiger partial charge is 0.416 e. The van der Waals surface area contributed by atoms with Crippen molar-refractivity contribution in [1.82, 2.24) is 19.8 Å². The van der Waals surface area contributed by atoms with E-state index in [1.807, 2.05) is 17.0 Å². The Morgan fingerprint density at radius 1 is 1.05 bits per heavy atom. The van der Waals surface area contributed by atoms with Crippen molar-refractivity contribution >= 4 is 28.3 Å². The quantitative estimate of drug-likeness (QED) is 0.355. The van der Waals surface area contributed by atoms with E-state index in [9.17, 15) is 18.0 Å². The third kappa shape index (κ3) is 6.40. The zero-order chi connectivity index (χ0) is 30.2. The van der Waals surface area contributed by atoms with Gasteiger partial charge in [-0.3, -0.25) is 4.79 Å². The lowest BCUT2D eigenvalue weighted by Gasteiger charge is -2.37. The molecule has 2 aromatic carbocycles. The number of aromatic nitrogens is 2. The maximum Gasteiger partial charge on any atom is 0.416 e. The normalized spacial score (nSPS) is 20.9. The van der Waals surface area contributed by atoms with Gasteiger partial charge in [0.15, 0.2) is 0 Å². The fourth-order valence-electron chi connectivity index (χ4n) is 6.21. The van der Waals surface area contributed by atoms with Gasteiger partial charge in [0.05, 0.1) is 24.2 Å². The average Bonchev–Trinajstić information content (AvgIpc) is 2.95. The molecule has 1 amide bonds.